The Hall–Kier alpha value is -2.12. The zero-order valence-electron chi connectivity index (χ0n) is 16.1. The average Bonchev–Trinajstić information content (AvgIpc) is 3.06. The van der Waals surface area contributed by atoms with E-state index in [9.17, 15) is 17.6 Å². The Morgan fingerprint density at radius 3 is 2.52 bits per heavy atom. The summed E-state index contributed by atoms with van der Waals surface area (Å²) < 4.78 is 43.0. The molecule has 1 heterocycles. The lowest BCUT2D eigenvalue weighted by molar-refractivity contribution is -0.141. The first-order chi connectivity index (χ1) is 13.8. The molecule has 29 heavy (non-hydrogen) atoms. The number of ether oxygens (including phenoxy) is 1. The van der Waals surface area contributed by atoms with E-state index < -0.39 is 27.8 Å². The van der Waals surface area contributed by atoms with Crippen molar-refractivity contribution in [2.45, 2.75) is 38.5 Å². The van der Waals surface area contributed by atoms with Crippen LogP contribution in [0.15, 0.2) is 48.5 Å². The lowest BCUT2D eigenvalue weighted by Gasteiger charge is -2.32. The van der Waals surface area contributed by atoms with Crippen LogP contribution in [0.5, 0.6) is 5.75 Å². The van der Waals surface area contributed by atoms with E-state index in [0.717, 1.165) is 5.56 Å². The van der Waals surface area contributed by atoms with Gasteiger partial charge < -0.3 is 9.64 Å². The number of carbonyl (C=O) groups excluding carboxylic acids is 1. The van der Waals surface area contributed by atoms with Crippen molar-refractivity contribution >= 4 is 27.3 Å². The Bertz CT molecular complexity index is 965. The van der Waals surface area contributed by atoms with Gasteiger partial charge in [-0.15, -0.1) is 0 Å². The van der Waals surface area contributed by atoms with Crippen LogP contribution in [0.4, 0.5) is 4.39 Å². The zero-order valence-corrected chi connectivity index (χ0v) is 17.6. The number of sulfone groups is 1. The molecule has 0 saturated carbocycles. The van der Waals surface area contributed by atoms with Crippen molar-refractivity contribution in [2.24, 2.45) is 0 Å². The largest absolute Gasteiger partial charge is 0.481 e. The van der Waals surface area contributed by atoms with E-state index in [2.05, 4.69) is 0 Å². The summed E-state index contributed by atoms with van der Waals surface area (Å²) in [5.41, 5.74) is 0.739. The fourth-order valence-electron chi connectivity index (χ4n) is 3.39. The normalized spacial score (nSPS) is 18.9. The fraction of sp³-hybridized carbons (Fsp3) is 0.381. The minimum atomic E-state index is -3.18. The molecule has 8 heteroatoms. The van der Waals surface area contributed by atoms with Crippen molar-refractivity contribution in [1.82, 2.24) is 4.90 Å². The van der Waals surface area contributed by atoms with Crippen molar-refractivity contribution in [1.29, 1.82) is 0 Å². The molecule has 1 saturated heterocycles. The standard InChI is InChI=1S/C21H23ClFNO4S/c1-2-20(28-18-9-7-16(23)8-10-18)21(25)24(17-11-12-29(26,27)14-17)13-15-5-3-4-6-19(15)22/h3-10,17,20H,2,11-14H2,1H3/t17-,20-/m1/s1. The molecule has 1 amide bonds. The number of benzene rings is 2. The molecule has 2 aromatic rings. The molecule has 0 bridgehead atoms. The summed E-state index contributed by atoms with van der Waals surface area (Å²) in [6.45, 7) is 2.01. The molecule has 1 fully saturated rings. The van der Waals surface area contributed by atoms with Gasteiger partial charge in [-0.1, -0.05) is 36.7 Å². The molecule has 0 aromatic heterocycles. The van der Waals surface area contributed by atoms with Crippen molar-refractivity contribution in [3.63, 3.8) is 0 Å². The van der Waals surface area contributed by atoms with Crippen LogP contribution in [-0.4, -0.2) is 42.9 Å². The lowest BCUT2D eigenvalue weighted by atomic mass is 10.1. The Kier molecular flexibility index (Phi) is 6.80. The molecule has 0 radical (unpaired) electrons. The monoisotopic (exact) mass is 439 g/mol. The van der Waals surface area contributed by atoms with Gasteiger partial charge in [-0.2, -0.15) is 0 Å². The van der Waals surface area contributed by atoms with E-state index in [1.54, 1.807) is 17.0 Å². The highest BCUT2D eigenvalue weighted by molar-refractivity contribution is 7.91. The van der Waals surface area contributed by atoms with Gasteiger partial charge >= 0.3 is 0 Å². The molecule has 5 nitrogen and oxygen atoms in total. The van der Waals surface area contributed by atoms with Gasteiger partial charge in [-0.3, -0.25) is 4.79 Å². The van der Waals surface area contributed by atoms with Crippen molar-refractivity contribution in [3.05, 3.63) is 64.9 Å². The van der Waals surface area contributed by atoms with Gasteiger partial charge in [0.2, 0.25) is 0 Å². The maximum atomic E-state index is 13.3. The summed E-state index contributed by atoms with van der Waals surface area (Å²) in [5, 5.41) is 0.513. The van der Waals surface area contributed by atoms with Gasteiger partial charge in [0, 0.05) is 17.6 Å². The predicted molar refractivity (Wildman–Crippen MR) is 110 cm³/mol. The minimum absolute atomic E-state index is 0.0551. The van der Waals surface area contributed by atoms with E-state index in [4.69, 9.17) is 16.3 Å². The Morgan fingerprint density at radius 1 is 1.24 bits per heavy atom. The number of halogens is 2. The van der Waals surface area contributed by atoms with E-state index in [1.807, 2.05) is 19.1 Å². The predicted octanol–water partition coefficient (Wildman–Crippen LogP) is 3.85. The number of nitrogens with zero attached hydrogens (tertiary/aromatic N) is 1. The van der Waals surface area contributed by atoms with E-state index in [1.165, 1.54) is 24.3 Å². The number of rotatable bonds is 7. The molecule has 0 spiro atoms. The lowest BCUT2D eigenvalue weighted by Crippen LogP contribution is -2.47. The second-order valence-corrected chi connectivity index (χ2v) is 9.72. The van der Waals surface area contributed by atoms with Crippen LogP contribution in [0.2, 0.25) is 5.02 Å². The minimum Gasteiger partial charge on any atom is -0.481 e. The number of hydrogen-bond donors (Lipinski definition) is 0. The third-order valence-corrected chi connectivity index (χ3v) is 7.09. The Morgan fingerprint density at radius 2 is 1.93 bits per heavy atom. The zero-order chi connectivity index (χ0) is 21.0. The highest BCUT2D eigenvalue weighted by atomic mass is 35.5. The van der Waals surface area contributed by atoms with Crippen molar-refractivity contribution in [2.75, 3.05) is 11.5 Å². The Labute approximate surface area is 175 Å². The van der Waals surface area contributed by atoms with E-state index >= 15 is 0 Å². The number of hydrogen-bond acceptors (Lipinski definition) is 4. The van der Waals surface area contributed by atoms with Crippen LogP contribution in [0, 0.1) is 5.82 Å². The molecule has 1 aliphatic rings. The third-order valence-electron chi connectivity index (χ3n) is 4.97. The number of carbonyl (C=O) groups is 1. The molecule has 0 aliphatic carbocycles. The van der Waals surface area contributed by atoms with Crippen LogP contribution >= 0.6 is 11.6 Å². The second kappa shape index (κ2) is 9.13. The fourth-order valence-corrected chi connectivity index (χ4v) is 5.32. The van der Waals surface area contributed by atoms with E-state index in [-0.39, 0.29) is 24.0 Å². The molecular formula is C21H23ClFNO4S. The van der Waals surface area contributed by atoms with Crippen molar-refractivity contribution in [3.8, 4) is 5.75 Å². The highest BCUT2D eigenvalue weighted by Crippen LogP contribution is 2.25. The molecule has 0 unspecified atom stereocenters. The first-order valence-corrected chi connectivity index (χ1v) is 11.7. The van der Waals surface area contributed by atoms with Crippen LogP contribution < -0.4 is 4.74 Å². The summed E-state index contributed by atoms with van der Waals surface area (Å²) >= 11 is 6.27. The molecule has 1 aliphatic heterocycles. The summed E-state index contributed by atoms with van der Waals surface area (Å²) in [4.78, 5) is 14.9. The second-order valence-electron chi connectivity index (χ2n) is 7.08. The average molecular weight is 440 g/mol. The van der Waals surface area contributed by atoms with E-state index in [0.29, 0.717) is 23.6 Å². The summed E-state index contributed by atoms with van der Waals surface area (Å²) in [5.74, 6) is -0.342. The summed E-state index contributed by atoms with van der Waals surface area (Å²) in [6.07, 6.45) is -0.0496. The Balaban J connectivity index is 1.85. The molecule has 0 N–H and O–H groups in total. The molecule has 2 atom stereocenters. The molecule has 156 valence electrons. The first-order valence-electron chi connectivity index (χ1n) is 9.45. The first kappa shape index (κ1) is 21.6. The van der Waals surface area contributed by atoms with Crippen molar-refractivity contribution < 1.29 is 22.3 Å². The van der Waals surface area contributed by atoms with Crippen LogP contribution in [0.3, 0.4) is 0 Å². The maximum absolute atomic E-state index is 13.3. The molecule has 3 rings (SSSR count). The van der Waals surface area contributed by atoms with Gasteiger partial charge in [0.05, 0.1) is 11.5 Å². The quantitative estimate of drug-likeness (QED) is 0.657. The van der Waals surface area contributed by atoms with Gasteiger partial charge in [-0.25, -0.2) is 12.8 Å². The van der Waals surface area contributed by atoms with Crippen LogP contribution in [0.1, 0.15) is 25.3 Å². The van der Waals surface area contributed by atoms with Gasteiger partial charge in [0.25, 0.3) is 5.91 Å². The molecule has 2 aromatic carbocycles. The summed E-state index contributed by atoms with van der Waals surface area (Å²) in [7, 11) is -3.18. The SMILES string of the molecule is CC[C@@H](Oc1ccc(F)cc1)C(=O)N(Cc1ccccc1Cl)[C@@H]1CCS(=O)(=O)C1. The maximum Gasteiger partial charge on any atom is 0.264 e. The smallest absolute Gasteiger partial charge is 0.264 e. The van der Waals surface area contributed by atoms with Gasteiger partial charge in [0.15, 0.2) is 15.9 Å². The van der Waals surface area contributed by atoms with Gasteiger partial charge in [0.1, 0.15) is 11.6 Å². The third kappa shape index (κ3) is 5.48. The number of amides is 1. The summed E-state index contributed by atoms with van der Waals surface area (Å²) in [6, 6.07) is 12.2. The topological polar surface area (TPSA) is 63.7 Å². The molecular weight excluding hydrogens is 417 g/mol. The van der Waals surface area contributed by atoms with Crippen LogP contribution in [0.25, 0.3) is 0 Å². The highest BCUT2D eigenvalue weighted by Gasteiger charge is 2.37. The van der Waals surface area contributed by atoms with Gasteiger partial charge in [-0.05, 0) is 48.7 Å². The van der Waals surface area contributed by atoms with Crippen LogP contribution in [-0.2, 0) is 21.2 Å².